The van der Waals surface area contributed by atoms with Gasteiger partial charge in [-0.05, 0) is 13.0 Å². The average molecular weight is 249 g/mol. The molecule has 0 bridgehead atoms. The molecule has 0 aliphatic rings. The van der Waals surface area contributed by atoms with E-state index in [1.807, 2.05) is 0 Å². The number of nitrogens with zero attached hydrogens (tertiary/aromatic N) is 1. The van der Waals surface area contributed by atoms with Crippen LogP contribution in [0.15, 0.2) is 17.0 Å². The van der Waals surface area contributed by atoms with Crippen molar-refractivity contribution in [2.45, 2.75) is 17.9 Å². The minimum atomic E-state index is -1.25. The number of halogens is 2. The highest BCUT2D eigenvalue weighted by Crippen LogP contribution is 2.33. The third-order valence-corrected chi connectivity index (χ3v) is 3.02. The van der Waals surface area contributed by atoms with E-state index >= 15 is 0 Å². The van der Waals surface area contributed by atoms with Gasteiger partial charge in [-0.1, -0.05) is 0 Å². The third-order valence-electron chi connectivity index (χ3n) is 1.69. The molecule has 7 heteroatoms. The second-order valence-corrected chi connectivity index (χ2v) is 4.16. The zero-order chi connectivity index (χ0) is 12.3. The number of hydrogen-bond donors (Lipinski definition) is 1. The van der Waals surface area contributed by atoms with Crippen molar-refractivity contribution in [1.82, 2.24) is 0 Å². The molecule has 4 nitrogen and oxygen atoms in total. The minimum Gasteiger partial charge on any atom is -0.393 e. The SMILES string of the molecule is C[C@@H](O)CSc1c([N+](=O)[O-])ccc(F)c1F. The molecule has 0 unspecified atom stereocenters. The average Bonchev–Trinajstić information content (AvgIpc) is 2.19. The number of nitro benzene ring substituents is 1. The van der Waals surface area contributed by atoms with Crippen LogP contribution in [0.3, 0.4) is 0 Å². The van der Waals surface area contributed by atoms with Gasteiger partial charge < -0.3 is 5.11 Å². The molecule has 0 saturated carbocycles. The Balaban J connectivity index is 3.11. The number of hydrogen-bond acceptors (Lipinski definition) is 4. The monoisotopic (exact) mass is 249 g/mol. The highest BCUT2D eigenvalue weighted by molar-refractivity contribution is 7.99. The van der Waals surface area contributed by atoms with Crippen LogP contribution in [0.1, 0.15) is 6.92 Å². The molecule has 0 aliphatic carbocycles. The zero-order valence-electron chi connectivity index (χ0n) is 8.31. The number of rotatable bonds is 4. The van der Waals surface area contributed by atoms with Crippen molar-refractivity contribution >= 4 is 17.4 Å². The van der Waals surface area contributed by atoms with Crippen LogP contribution >= 0.6 is 11.8 Å². The van der Waals surface area contributed by atoms with Gasteiger partial charge in [-0.2, -0.15) is 0 Å². The van der Waals surface area contributed by atoms with E-state index < -0.39 is 28.3 Å². The Hall–Kier alpha value is -1.21. The Labute approximate surface area is 94.4 Å². The fourth-order valence-corrected chi connectivity index (χ4v) is 1.93. The fourth-order valence-electron chi connectivity index (χ4n) is 1.01. The molecular formula is C9H9F2NO3S. The Morgan fingerprint density at radius 2 is 2.19 bits per heavy atom. The molecule has 1 atom stereocenters. The van der Waals surface area contributed by atoms with E-state index in [1.165, 1.54) is 6.92 Å². The van der Waals surface area contributed by atoms with E-state index in [0.717, 1.165) is 17.8 Å². The number of nitro groups is 1. The van der Waals surface area contributed by atoms with Crippen LogP contribution in [0, 0.1) is 21.7 Å². The zero-order valence-corrected chi connectivity index (χ0v) is 9.13. The molecule has 0 heterocycles. The molecule has 0 saturated heterocycles. The maximum atomic E-state index is 13.3. The predicted octanol–water partition coefficient (Wildman–Crippen LogP) is 2.35. The van der Waals surface area contributed by atoms with Gasteiger partial charge in [-0.25, -0.2) is 8.78 Å². The summed E-state index contributed by atoms with van der Waals surface area (Å²) in [6.45, 7) is 1.45. The van der Waals surface area contributed by atoms with Crippen molar-refractivity contribution in [2.24, 2.45) is 0 Å². The number of aliphatic hydroxyl groups is 1. The summed E-state index contributed by atoms with van der Waals surface area (Å²) in [5, 5.41) is 19.6. The van der Waals surface area contributed by atoms with Gasteiger partial charge in [-0.15, -0.1) is 11.8 Å². The van der Waals surface area contributed by atoms with Crippen molar-refractivity contribution in [3.8, 4) is 0 Å². The molecule has 0 aliphatic heterocycles. The highest BCUT2D eigenvalue weighted by Gasteiger charge is 2.22. The van der Waals surface area contributed by atoms with Crippen molar-refractivity contribution in [3.63, 3.8) is 0 Å². The minimum absolute atomic E-state index is 0.0568. The molecule has 1 rings (SSSR count). The lowest BCUT2D eigenvalue weighted by Gasteiger charge is -2.06. The van der Waals surface area contributed by atoms with Crippen molar-refractivity contribution < 1.29 is 18.8 Å². The van der Waals surface area contributed by atoms with E-state index in [1.54, 1.807) is 0 Å². The molecule has 0 fully saturated rings. The van der Waals surface area contributed by atoms with Crippen molar-refractivity contribution in [2.75, 3.05) is 5.75 Å². The number of thioether (sulfide) groups is 1. The van der Waals surface area contributed by atoms with Crippen LogP contribution in [-0.2, 0) is 0 Å². The summed E-state index contributed by atoms with van der Waals surface area (Å²) in [7, 11) is 0. The van der Waals surface area contributed by atoms with Crippen LogP contribution in [-0.4, -0.2) is 21.9 Å². The molecule has 16 heavy (non-hydrogen) atoms. The Kier molecular flexibility index (Phi) is 4.19. The first-order valence-electron chi connectivity index (χ1n) is 4.36. The van der Waals surface area contributed by atoms with E-state index in [2.05, 4.69) is 0 Å². The Morgan fingerprint density at radius 3 is 2.69 bits per heavy atom. The fraction of sp³-hybridized carbons (Fsp3) is 0.333. The van der Waals surface area contributed by atoms with E-state index in [9.17, 15) is 18.9 Å². The smallest absolute Gasteiger partial charge is 0.286 e. The van der Waals surface area contributed by atoms with E-state index in [0.29, 0.717) is 6.07 Å². The van der Waals surface area contributed by atoms with Gasteiger partial charge in [0.05, 0.1) is 11.0 Å². The molecule has 1 N–H and O–H groups in total. The number of benzene rings is 1. The summed E-state index contributed by atoms with van der Waals surface area (Å²) < 4.78 is 26.2. The summed E-state index contributed by atoms with van der Waals surface area (Å²) >= 11 is 0.718. The predicted molar refractivity (Wildman–Crippen MR) is 55.4 cm³/mol. The van der Waals surface area contributed by atoms with Crippen molar-refractivity contribution in [3.05, 3.63) is 33.9 Å². The van der Waals surface area contributed by atoms with Crippen LogP contribution < -0.4 is 0 Å². The van der Waals surface area contributed by atoms with Gasteiger partial charge in [0.15, 0.2) is 11.6 Å². The first-order valence-corrected chi connectivity index (χ1v) is 5.35. The second kappa shape index (κ2) is 5.22. The van der Waals surface area contributed by atoms with Crippen molar-refractivity contribution in [1.29, 1.82) is 0 Å². The molecule has 88 valence electrons. The topological polar surface area (TPSA) is 63.4 Å². The van der Waals surface area contributed by atoms with Gasteiger partial charge >= 0.3 is 0 Å². The first-order chi connectivity index (χ1) is 7.43. The van der Waals surface area contributed by atoms with Crippen LogP contribution in [0.25, 0.3) is 0 Å². The largest absolute Gasteiger partial charge is 0.393 e. The Bertz CT molecular complexity index is 412. The summed E-state index contributed by atoms with van der Waals surface area (Å²) in [5.74, 6) is -2.33. The van der Waals surface area contributed by atoms with E-state index in [4.69, 9.17) is 5.11 Å². The van der Waals surface area contributed by atoms with Crippen LogP contribution in [0.5, 0.6) is 0 Å². The molecule has 1 aromatic rings. The maximum Gasteiger partial charge on any atom is 0.286 e. The van der Waals surface area contributed by atoms with Gasteiger partial charge in [-0.3, -0.25) is 10.1 Å². The van der Waals surface area contributed by atoms with Gasteiger partial charge in [0.25, 0.3) is 5.69 Å². The molecule has 0 spiro atoms. The molecular weight excluding hydrogens is 240 g/mol. The lowest BCUT2D eigenvalue weighted by Crippen LogP contribution is -2.04. The quantitative estimate of drug-likeness (QED) is 0.505. The first kappa shape index (κ1) is 12.9. The summed E-state index contributed by atoms with van der Waals surface area (Å²) in [4.78, 5) is 9.40. The molecule has 0 radical (unpaired) electrons. The molecule has 0 aromatic heterocycles. The lowest BCUT2D eigenvalue weighted by molar-refractivity contribution is -0.388. The summed E-state index contributed by atoms with van der Waals surface area (Å²) in [6.07, 6.45) is -0.757. The maximum absolute atomic E-state index is 13.3. The van der Waals surface area contributed by atoms with E-state index in [-0.39, 0.29) is 10.6 Å². The molecule has 1 aromatic carbocycles. The van der Waals surface area contributed by atoms with Gasteiger partial charge in [0.2, 0.25) is 0 Å². The third kappa shape index (κ3) is 2.89. The second-order valence-electron chi connectivity index (χ2n) is 3.13. The lowest BCUT2D eigenvalue weighted by atomic mass is 10.3. The summed E-state index contributed by atoms with van der Waals surface area (Å²) in [5.41, 5.74) is -0.496. The highest BCUT2D eigenvalue weighted by atomic mass is 32.2. The Morgan fingerprint density at radius 1 is 1.56 bits per heavy atom. The normalized spacial score (nSPS) is 12.5. The summed E-state index contributed by atoms with van der Waals surface area (Å²) in [6, 6.07) is 1.61. The van der Waals surface area contributed by atoms with Gasteiger partial charge in [0.1, 0.15) is 4.90 Å². The molecule has 0 amide bonds. The van der Waals surface area contributed by atoms with Gasteiger partial charge in [0, 0.05) is 11.8 Å². The van der Waals surface area contributed by atoms with Crippen LogP contribution in [0.2, 0.25) is 0 Å². The number of aliphatic hydroxyl groups excluding tert-OH is 1. The van der Waals surface area contributed by atoms with Crippen LogP contribution in [0.4, 0.5) is 14.5 Å². The standard InChI is InChI=1S/C9H9F2NO3S/c1-5(13)4-16-9-7(12(14)15)3-2-6(10)8(9)11/h2-3,5,13H,4H2,1H3/t5-/m1/s1.